The molecule has 0 radical (unpaired) electrons. The summed E-state index contributed by atoms with van der Waals surface area (Å²) in [6.45, 7) is 5.43. The zero-order valence-corrected chi connectivity index (χ0v) is 11.8. The normalized spacial score (nSPS) is 23.7. The fourth-order valence-electron chi connectivity index (χ4n) is 2.83. The van der Waals surface area contributed by atoms with Crippen molar-refractivity contribution in [1.29, 1.82) is 0 Å². The zero-order chi connectivity index (χ0) is 13.2. The van der Waals surface area contributed by atoms with Gasteiger partial charge >= 0.3 is 0 Å². The first-order valence-electron chi connectivity index (χ1n) is 7.27. The smallest absolute Gasteiger partial charge is 0.243 e. The van der Waals surface area contributed by atoms with Gasteiger partial charge in [-0.2, -0.15) is 4.98 Å². The van der Waals surface area contributed by atoms with E-state index in [1.807, 2.05) is 16.8 Å². The van der Waals surface area contributed by atoms with Crippen LogP contribution in [0, 0.1) is 18.8 Å². The van der Waals surface area contributed by atoms with Gasteiger partial charge in [0.2, 0.25) is 5.95 Å². The van der Waals surface area contributed by atoms with Gasteiger partial charge in [0.15, 0.2) is 5.65 Å². The van der Waals surface area contributed by atoms with Gasteiger partial charge in [0.05, 0.1) is 0 Å². The summed E-state index contributed by atoms with van der Waals surface area (Å²) >= 11 is 0. The van der Waals surface area contributed by atoms with Crippen LogP contribution in [0.3, 0.4) is 0 Å². The van der Waals surface area contributed by atoms with Crippen LogP contribution in [-0.2, 0) is 0 Å². The molecule has 0 saturated heterocycles. The molecule has 0 spiro atoms. The van der Waals surface area contributed by atoms with Crippen LogP contribution in [0.2, 0.25) is 0 Å². The van der Waals surface area contributed by atoms with E-state index in [9.17, 15) is 0 Å². The highest BCUT2D eigenvalue weighted by molar-refractivity contribution is 5.45. The minimum Gasteiger partial charge on any atom is -0.353 e. The van der Waals surface area contributed by atoms with Crippen molar-refractivity contribution in [2.24, 2.45) is 11.8 Å². The Labute approximate surface area is 114 Å². The predicted octanol–water partition coefficient (Wildman–Crippen LogP) is 3.28. The molecular formula is C15H22N4. The molecule has 2 heterocycles. The van der Waals surface area contributed by atoms with Gasteiger partial charge in [-0.25, -0.2) is 4.52 Å². The second-order valence-electron chi connectivity index (χ2n) is 5.95. The lowest BCUT2D eigenvalue weighted by molar-refractivity contribution is 0.300. The molecule has 2 aromatic rings. The van der Waals surface area contributed by atoms with Crippen LogP contribution in [0.5, 0.6) is 0 Å². The van der Waals surface area contributed by atoms with Crippen LogP contribution in [-0.4, -0.2) is 21.1 Å². The summed E-state index contributed by atoms with van der Waals surface area (Å²) < 4.78 is 1.83. The van der Waals surface area contributed by atoms with Crippen LogP contribution >= 0.6 is 0 Å². The molecule has 1 aliphatic carbocycles. The number of aryl methyl sites for hydroxylation is 1. The average Bonchev–Trinajstić information content (AvgIpc) is 2.80. The molecule has 0 aliphatic heterocycles. The van der Waals surface area contributed by atoms with Gasteiger partial charge in [-0.3, -0.25) is 0 Å². The molecule has 0 aromatic carbocycles. The van der Waals surface area contributed by atoms with E-state index in [0.29, 0.717) is 0 Å². The first kappa shape index (κ1) is 12.5. The molecule has 1 fully saturated rings. The van der Waals surface area contributed by atoms with Crippen molar-refractivity contribution in [2.45, 2.75) is 39.5 Å². The molecule has 4 heteroatoms. The Morgan fingerprint density at radius 1 is 1.32 bits per heavy atom. The summed E-state index contributed by atoms with van der Waals surface area (Å²) in [5.74, 6) is 2.45. The quantitative estimate of drug-likeness (QED) is 0.918. The monoisotopic (exact) mass is 258 g/mol. The van der Waals surface area contributed by atoms with Crippen molar-refractivity contribution < 1.29 is 0 Å². The highest BCUT2D eigenvalue weighted by Crippen LogP contribution is 2.28. The Morgan fingerprint density at radius 3 is 2.89 bits per heavy atom. The molecule has 2 aromatic heterocycles. The van der Waals surface area contributed by atoms with Crippen LogP contribution in [0.15, 0.2) is 18.3 Å². The highest BCUT2D eigenvalue weighted by atomic mass is 15.3. The van der Waals surface area contributed by atoms with Gasteiger partial charge in [-0.05, 0) is 49.3 Å². The summed E-state index contributed by atoms with van der Waals surface area (Å²) in [7, 11) is 0. The summed E-state index contributed by atoms with van der Waals surface area (Å²) in [6.07, 6.45) is 7.36. The molecule has 102 valence electrons. The summed E-state index contributed by atoms with van der Waals surface area (Å²) in [5, 5.41) is 7.84. The number of hydrogen-bond donors (Lipinski definition) is 1. The minimum absolute atomic E-state index is 0.754. The molecule has 0 atom stereocenters. The number of pyridine rings is 1. The summed E-state index contributed by atoms with van der Waals surface area (Å²) in [4.78, 5) is 4.51. The van der Waals surface area contributed by atoms with Gasteiger partial charge in [-0.1, -0.05) is 19.8 Å². The maximum atomic E-state index is 4.51. The topological polar surface area (TPSA) is 42.2 Å². The Balaban J connectivity index is 1.62. The molecule has 4 nitrogen and oxygen atoms in total. The molecule has 1 aliphatic rings. The molecule has 0 amide bonds. The second-order valence-corrected chi connectivity index (χ2v) is 5.95. The molecule has 1 N–H and O–H groups in total. The van der Waals surface area contributed by atoms with E-state index in [1.54, 1.807) is 0 Å². The largest absolute Gasteiger partial charge is 0.353 e. The number of aromatic nitrogens is 3. The van der Waals surface area contributed by atoms with Crippen LogP contribution in [0.4, 0.5) is 5.95 Å². The van der Waals surface area contributed by atoms with Crippen molar-refractivity contribution in [1.82, 2.24) is 14.6 Å². The molecule has 1 saturated carbocycles. The Kier molecular flexibility index (Phi) is 3.40. The fraction of sp³-hybridized carbons (Fsp3) is 0.600. The van der Waals surface area contributed by atoms with E-state index < -0.39 is 0 Å². The Bertz CT molecular complexity index is 552. The average molecular weight is 258 g/mol. The number of fused-ring (bicyclic) bond motifs is 1. The standard InChI is InChI=1S/C15H22N4/c1-11-3-5-13(6-4-11)10-16-15-17-14-9-12(2)7-8-19(14)18-15/h7-9,11,13H,3-6,10H2,1-2H3,(H,16,18). The van der Waals surface area contributed by atoms with Gasteiger partial charge < -0.3 is 5.32 Å². The van der Waals surface area contributed by atoms with Crippen LogP contribution in [0.25, 0.3) is 5.65 Å². The lowest BCUT2D eigenvalue weighted by Crippen LogP contribution is -2.20. The second kappa shape index (κ2) is 5.19. The van der Waals surface area contributed by atoms with Gasteiger partial charge in [-0.15, -0.1) is 5.10 Å². The van der Waals surface area contributed by atoms with Gasteiger partial charge in [0, 0.05) is 12.7 Å². The minimum atomic E-state index is 0.754. The molecule has 0 unspecified atom stereocenters. The van der Waals surface area contributed by atoms with Gasteiger partial charge in [0.1, 0.15) is 0 Å². The molecular weight excluding hydrogens is 236 g/mol. The van der Waals surface area contributed by atoms with Crippen molar-refractivity contribution >= 4 is 11.6 Å². The summed E-state index contributed by atoms with van der Waals surface area (Å²) in [5.41, 5.74) is 2.13. The summed E-state index contributed by atoms with van der Waals surface area (Å²) in [6, 6.07) is 4.11. The highest BCUT2D eigenvalue weighted by Gasteiger charge is 2.18. The lowest BCUT2D eigenvalue weighted by atomic mass is 9.83. The third-order valence-electron chi connectivity index (χ3n) is 4.18. The van der Waals surface area contributed by atoms with Crippen molar-refractivity contribution in [3.05, 3.63) is 23.9 Å². The number of nitrogens with one attached hydrogen (secondary N) is 1. The van der Waals surface area contributed by atoms with Crippen LogP contribution in [0.1, 0.15) is 38.2 Å². The first-order valence-corrected chi connectivity index (χ1v) is 7.27. The molecule has 0 bridgehead atoms. The predicted molar refractivity (Wildman–Crippen MR) is 77.3 cm³/mol. The van der Waals surface area contributed by atoms with Crippen molar-refractivity contribution in [3.63, 3.8) is 0 Å². The fourth-order valence-corrected chi connectivity index (χ4v) is 2.83. The van der Waals surface area contributed by atoms with E-state index in [2.05, 4.69) is 35.3 Å². The number of hydrogen-bond acceptors (Lipinski definition) is 3. The number of rotatable bonds is 3. The van der Waals surface area contributed by atoms with E-state index in [-0.39, 0.29) is 0 Å². The maximum Gasteiger partial charge on any atom is 0.243 e. The van der Waals surface area contributed by atoms with E-state index in [4.69, 9.17) is 0 Å². The third kappa shape index (κ3) is 2.88. The van der Waals surface area contributed by atoms with Gasteiger partial charge in [0.25, 0.3) is 0 Å². The molecule has 19 heavy (non-hydrogen) atoms. The van der Waals surface area contributed by atoms with Crippen LogP contribution < -0.4 is 5.32 Å². The van der Waals surface area contributed by atoms with Crippen molar-refractivity contribution in [2.75, 3.05) is 11.9 Å². The molecule has 3 rings (SSSR count). The zero-order valence-electron chi connectivity index (χ0n) is 11.8. The first-order chi connectivity index (χ1) is 9.20. The number of nitrogens with zero attached hydrogens (tertiary/aromatic N) is 3. The number of anilines is 1. The Hall–Kier alpha value is -1.58. The third-order valence-corrected chi connectivity index (χ3v) is 4.18. The van der Waals surface area contributed by atoms with Crippen molar-refractivity contribution in [3.8, 4) is 0 Å². The Morgan fingerprint density at radius 2 is 2.11 bits per heavy atom. The van der Waals surface area contributed by atoms with E-state index in [0.717, 1.165) is 30.0 Å². The SMILES string of the molecule is Cc1ccn2nc(NCC3CCC(C)CC3)nc2c1. The van der Waals surface area contributed by atoms with E-state index in [1.165, 1.54) is 31.2 Å². The van der Waals surface area contributed by atoms with E-state index >= 15 is 0 Å². The lowest BCUT2D eigenvalue weighted by Gasteiger charge is -2.25. The maximum absolute atomic E-state index is 4.51.